The van der Waals surface area contributed by atoms with Gasteiger partial charge in [-0.1, -0.05) is 22.7 Å². The van der Waals surface area contributed by atoms with E-state index in [1.165, 1.54) is 0 Å². The van der Waals surface area contributed by atoms with E-state index in [0.717, 1.165) is 24.3 Å². The minimum atomic E-state index is -1.16. The van der Waals surface area contributed by atoms with Gasteiger partial charge in [-0.25, -0.2) is 0 Å². The molecule has 0 unspecified atom stereocenters. The van der Waals surface area contributed by atoms with Gasteiger partial charge in [-0.05, 0) is 12.1 Å². The number of hydrogen-bond acceptors (Lipinski definition) is 13. The summed E-state index contributed by atoms with van der Waals surface area (Å²) in [4.78, 5) is 79.8. The maximum absolute atomic E-state index is 13.1. The van der Waals surface area contributed by atoms with Gasteiger partial charge in [0.2, 0.25) is 15.3 Å². The van der Waals surface area contributed by atoms with Gasteiger partial charge < -0.3 is 0 Å². The SMILES string of the molecule is O=C(c1cc2cc([N+](=O)[O-])cc([N+](=O)[O-])c2sc1=O)c1cc2cc([N+](=O)[O-])cc([N+](=O)[O-])c2sc1=O. The lowest BCUT2D eigenvalue weighted by molar-refractivity contribution is -0.393. The molecule has 2 heterocycles. The lowest BCUT2D eigenvalue weighted by Gasteiger charge is -2.05. The highest BCUT2D eigenvalue weighted by Gasteiger charge is 2.26. The summed E-state index contributed by atoms with van der Waals surface area (Å²) in [5.41, 5.74) is -4.06. The molecule has 0 radical (unpaired) electrons. The van der Waals surface area contributed by atoms with Crippen LogP contribution < -0.4 is 9.48 Å². The Labute approximate surface area is 203 Å². The van der Waals surface area contributed by atoms with Crippen LogP contribution >= 0.6 is 22.7 Å². The number of ketones is 1. The van der Waals surface area contributed by atoms with E-state index < -0.39 is 68.8 Å². The Hall–Kier alpha value is -5.03. The Morgan fingerprint density at radius 3 is 1.25 bits per heavy atom. The van der Waals surface area contributed by atoms with Crippen LogP contribution in [0.1, 0.15) is 15.9 Å². The second-order valence-electron chi connectivity index (χ2n) is 7.02. The van der Waals surface area contributed by atoms with Crippen LogP contribution in [-0.4, -0.2) is 25.5 Å². The maximum atomic E-state index is 13.1. The molecule has 0 aliphatic heterocycles. The predicted octanol–water partition coefficient (Wildman–Crippen LogP) is 3.70. The van der Waals surface area contributed by atoms with Gasteiger partial charge in [0.15, 0.2) is 0 Å². The van der Waals surface area contributed by atoms with Gasteiger partial charge >= 0.3 is 0 Å². The van der Waals surface area contributed by atoms with Crippen molar-refractivity contribution in [2.45, 2.75) is 0 Å². The van der Waals surface area contributed by atoms with Crippen molar-refractivity contribution < 1.29 is 24.5 Å². The predicted molar refractivity (Wildman–Crippen MR) is 126 cm³/mol. The molecule has 180 valence electrons. The average molecular weight is 530 g/mol. The summed E-state index contributed by atoms with van der Waals surface area (Å²) in [6.07, 6.45) is 0. The molecule has 0 spiro atoms. The molecule has 36 heavy (non-hydrogen) atoms. The van der Waals surface area contributed by atoms with Crippen molar-refractivity contribution in [2.24, 2.45) is 0 Å². The standard InChI is InChI=1S/C19H6N4O11S2/c24-15(11-3-7-1-9(20(27)28)5-13(22(31)32)16(7)35-18(11)25)12-4-8-2-10(21(29)30)6-14(23(33)34)17(8)36-19(12)26/h1-6H. The highest BCUT2D eigenvalue weighted by Crippen LogP contribution is 2.35. The summed E-state index contributed by atoms with van der Waals surface area (Å²) in [7, 11) is 0. The number of carbonyl (C=O) groups excluding carboxylic acids is 1. The lowest BCUT2D eigenvalue weighted by atomic mass is 10.0. The molecule has 15 nitrogen and oxygen atoms in total. The lowest BCUT2D eigenvalue weighted by Crippen LogP contribution is -2.19. The van der Waals surface area contributed by atoms with Gasteiger partial charge in [-0.15, -0.1) is 0 Å². The van der Waals surface area contributed by atoms with Crippen LogP contribution in [0.3, 0.4) is 0 Å². The van der Waals surface area contributed by atoms with E-state index in [9.17, 15) is 54.8 Å². The second-order valence-corrected chi connectivity index (χ2v) is 8.99. The number of nitrogens with zero attached hydrogens (tertiary/aromatic N) is 4. The van der Waals surface area contributed by atoms with E-state index in [2.05, 4.69) is 0 Å². The molecule has 0 aliphatic carbocycles. The number of fused-ring (bicyclic) bond motifs is 2. The van der Waals surface area contributed by atoms with Crippen LogP contribution in [0.15, 0.2) is 46.0 Å². The van der Waals surface area contributed by atoms with Gasteiger partial charge in [-0.2, -0.15) is 0 Å². The molecule has 0 aliphatic rings. The molecule has 0 fully saturated rings. The Kier molecular flexibility index (Phi) is 5.78. The molecular weight excluding hydrogens is 524 g/mol. The Morgan fingerprint density at radius 2 is 0.944 bits per heavy atom. The van der Waals surface area contributed by atoms with Crippen LogP contribution in [0.25, 0.3) is 20.2 Å². The normalized spacial score (nSPS) is 10.9. The van der Waals surface area contributed by atoms with Crippen LogP contribution in [0.5, 0.6) is 0 Å². The second kappa shape index (κ2) is 8.64. The molecular formula is C19H6N4O11S2. The molecule has 0 saturated heterocycles. The maximum Gasteiger partial charge on any atom is 0.294 e. The summed E-state index contributed by atoms with van der Waals surface area (Å²) in [6.45, 7) is 0. The highest BCUT2D eigenvalue weighted by atomic mass is 32.1. The first-order valence-electron chi connectivity index (χ1n) is 9.25. The molecule has 0 atom stereocenters. The Morgan fingerprint density at radius 1 is 0.583 bits per heavy atom. The van der Waals surface area contributed by atoms with E-state index in [-0.39, 0.29) is 42.8 Å². The van der Waals surface area contributed by atoms with Crippen LogP contribution in [0, 0.1) is 40.5 Å². The third-order valence-corrected chi connectivity index (χ3v) is 7.01. The quantitative estimate of drug-likeness (QED) is 0.198. The van der Waals surface area contributed by atoms with Crippen molar-refractivity contribution in [2.75, 3.05) is 0 Å². The molecule has 2 aromatic carbocycles. The van der Waals surface area contributed by atoms with Crippen molar-refractivity contribution in [3.05, 3.63) is 107 Å². The monoisotopic (exact) mass is 530 g/mol. The minimum Gasteiger partial charge on any atom is -0.288 e. The molecule has 17 heteroatoms. The van der Waals surface area contributed by atoms with Crippen molar-refractivity contribution in [3.63, 3.8) is 0 Å². The number of rotatable bonds is 6. The first-order chi connectivity index (χ1) is 16.9. The zero-order valence-electron chi connectivity index (χ0n) is 17.1. The molecule has 2 aromatic heterocycles. The van der Waals surface area contributed by atoms with E-state index >= 15 is 0 Å². The number of nitro groups is 4. The fourth-order valence-electron chi connectivity index (χ4n) is 3.34. The van der Waals surface area contributed by atoms with Crippen LogP contribution in [-0.2, 0) is 0 Å². The number of hydrogen-bond donors (Lipinski definition) is 0. The molecule has 4 rings (SSSR count). The molecule has 4 aromatic rings. The van der Waals surface area contributed by atoms with Gasteiger partial charge in [0, 0.05) is 22.9 Å². The van der Waals surface area contributed by atoms with Gasteiger partial charge in [0.25, 0.3) is 22.7 Å². The Balaban J connectivity index is 1.97. The fraction of sp³-hybridized carbons (Fsp3) is 0. The van der Waals surface area contributed by atoms with Crippen molar-refractivity contribution in [3.8, 4) is 0 Å². The van der Waals surface area contributed by atoms with Crippen LogP contribution in [0.4, 0.5) is 22.7 Å². The smallest absolute Gasteiger partial charge is 0.288 e. The van der Waals surface area contributed by atoms with Crippen molar-refractivity contribution in [1.29, 1.82) is 0 Å². The zero-order valence-corrected chi connectivity index (χ0v) is 18.7. The largest absolute Gasteiger partial charge is 0.294 e. The van der Waals surface area contributed by atoms with E-state index in [1.807, 2.05) is 0 Å². The fourth-order valence-corrected chi connectivity index (χ4v) is 5.19. The summed E-state index contributed by atoms with van der Waals surface area (Å²) < 4.78 is -2.44. The number of carbonyl (C=O) groups is 1. The summed E-state index contributed by atoms with van der Waals surface area (Å²) in [5.74, 6) is -1.16. The zero-order chi connectivity index (χ0) is 26.5. The van der Waals surface area contributed by atoms with E-state index in [0.29, 0.717) is 12.1 Å². The molecule has 0 bridgehead atoms. The van der Waals surface area contributed by atoms with Gasteiger partial charge in [0.05, 0.1) is 43.0 Å². The van der Waals surface area contributed by atoms with E-state index in [4.69, 9.17) is 0 Å². The number of non-ortho nitro benzene ring substituents is 4. The number of benzene rings is 2. The molecule has 0 N–H and O–H groups in total. The van der Waals surface area contributed by atoms with Gasteiger partial charge in [-0.3, -0.25) is 54.8 Å². The van der Waals surface area contributed by atoms with Gasteiger partial charge in [0.1, 0.15) is 9.40 Å². The summed E-state index contributed by atoms with van der Waals surface area (Å²) in [5, 5.41) is 44.7. The average Bonchev–Trinajstić information content (AvgIpc) is 2.81. The van der Waals surface area contributed by atoms with Crippen molar-refractivity contribution in [1.82, 2.24) is 0 Å². The molecule has 0 amide bonds. The van der Waals surface area contributed by atoms with E-state index in [1.54, 1.807) is 0 Å². The first-order valence-corrected chi connectivity index (χ1v) is 10.9. The minimum absolute atomic E-state index is 0.174. The Bertz CT molecular complexity index is 1700. The van der Waals surface area contributed by atoms with Crippen molar-refractivity contribution >= 4 is 71.4 Å². The summed E-state index contributed by atoms with van der Waals surface area (Å²) >= 11 is 0.542. The third kappa shape index (κ3) is 4.03. The molecule has 0 saturated carbocycles. The topological polar surface area (TPSA) is 224 Å². The third-order valence-electron chi connectivity index (χ3n) is 4.90. The van der Waals surface area contributed by atoms with Crippen LogP contribution in [0.2, 0.25) is 0 Å². The number of nitro benzene ring substituents is 4. The first kappa shape index (κ1) is 24.1. The summed E-state index contributed by atoms with van der Waals surface area (Å²) in [6, 6.07) is 4.92. The highest BCUT2D eigenvalue weighted by molar-refractivity contribution is 7.17.